The molecule has 0 saturated heterocycles. The maximum Gasteiger partial charge on any atom is 0.244 e. The normalized spacial score (nSPS) is 12.9. The van der Waals surface area contributed by atoms with Crippen LogP contribution in [0, 0.1) is 0 Å². The van der Waals surface area contributed by atoms with Crippen LogP contribution in [-0.4, -0.2) is 35.0 Å². The molecule has 19 heavy (non-hydrogen) atoms. The molecule has 0 fully saturated rings. The standard InChI is InChI=1S/C13H24N2O3S/c1-6-15(11(4)5)19(17,18)13-7-12(9-16)14(8-13)10(2)3/h7-8,10-11,16H,6,9H2,1-5H3. The quantitative estimate of drug-likeness (QED) is 0.870. The largest absolute Gasteiger partial charge is 0.390 e. The molecule has 0 aromatic carbocycles. The van der Waals surface area contributed by atoms with Crippen LogP contribution < -0.4 is 0 Å². The van der Waals surface area contributed by atoms with Gasteiger partial charge in [0, 0.05) is 30.5 Å². The molecule has 0 saturated carbocycles. The summed E-state index contributed by atoms with van der Waals surface area (Å²) in [5, 5.41) is 9.32. The van der Waals surface area contributed by atoms with Gasteiger partial charge in [0.05, 0.1) is 6.61 Å². The van der Waals surface area contributed by atoms with Crippen LogP contribution in [-0.2, 0) is 16.6 Å². The summed E-state index contributed by atoms with van der Waals surface area (Å²) in [4.78, 5) is 0.251. The Hall–Kier alpha value is -0.850. The third-order valence-corrected chi connectivity index (χ3v) is 5.24. The molecule has 1 heterocycles. The van der Waals surface area contributed by atoms with Gasteiger partial charge in [0.1, 0.15) is 4.90 Å². The van der Waals surface area contributed by atoms with Crippen molar-refractivity contribution >= 4 is 10.0 Å². The summed E-state index contributed by atoms with van der Waals surface area (Å²) in [6, 6.07) is 1.58. The first-order valence-corrected chi connectivity index (χ1v) is 8.03. The molecular weight excluding hydrogens is 264 g/mol. The number of hydrogen-bond donors (Lipinski definition) is 1. The van der Waals surface area contributed by atoms with Crippen LogP contribution >= 0.6 is 0 Å². The molecule has 1 aromatic rings. The van der Waals surface area contributed by atoms with Crippen molar-refractivity contribution < 1.29 is 13.5 Å². The van der Waals surface area contributed by atoms with Gasteiger partial charge in [-0.05, 0) is 33.8 Å². The zero-order valence-corrected chi connectivity index (χ0v) is 13.1. The van der Waals surface area contributed by atoms with Gasteiger partial charge in [-0.25, -0.2) is 8.42 Å². The van der Waals surface area contributed by atoms with Crippen molar-refractivity contribution in [2.24, 2.45) is 0 Å². The van der Waals surface area contributed by atoms with Crippen LogP contribution in [0.25, 0.3) is 0 Å². The molecule has 0 amide bonds. The maximum atomic E-state index is 12.5. The molecule has 0 unspecified atom stereocenters. The predicted octanol–water partition coefficient (Wildman–Crippen LogP) is 1.98. The van der Waals surface area contributed by atoms with Crippen LogP contribution in [0.4, 0.5) is 0 Å². The topological polar surface area (TPSA) is 62.5 Å². The molecule has 6 heteroatoms. The number of hydrogen-bond acceptors (Lipinski definition) is 3. The van der Waals surface area contributed by atoms with Gasteiger partial charge < -0.3 is 9.67 Å². The minimum Gasteiger partial charge on any atom is -0.390 e. The molecule has 110 valence electrons. The molecular formula is C13H24N2O3S. The highest BCUT2D eigenvalue weighted by molar-refractivity contribution is 7.89. The second kappa shape index (κ2) is 6.07. The fraction of sp³-hybridized carbons (Fsp3) is 0.692. The Bertz CT molecular complexity index is 518. The molecule has 0 radical (unpaired) electrons. The molecule has 0 bridgehead atoms. The molecule has 0 atom stereocenters. The number of rotatable bonds is 6. The number of aromatic nitrogens is 1. The molecule has 0 aliphatic carbocycles. The number of sulfonamides is 1. The second-order valence-electron chi connectivity index (χ2n) is 5.13. The zero-order valence-electron chi connectivity index (χ0n) is 12.3. The van der Waals surface area contributed by atoms with Crippen LogP contribution in [0.2, 0.25) is 0 Å². The van der Waals surface area contributed by atoms with E-state index in [1.54, 1.807) is 16.8 Å². The Morgan fingerprint density at radius 1 is 1.32 bits per heavy atom. The lowest BCUT2D eigenvalue weighted by Gasteiger charge is -2.23. The highest BCUT2D eigenvalue weighted by atomic mass is 32.2. The van der Waals surface area contributed by atoms with Gasteiger partial charge in [0.25, 0.3) is 0 Å². The second-order valence-corrected chi connectivity index (χ2v) is 7.02. The minimum absolute atomic E-state index is 0.0880. The first-order chi connectivity index (χ1) is 8.75. The zero-order chi connectivity index (χ0) is 14.8. The van der Waals surface area contributed by atoms with Crippen LogP contribution in [0.3, 0.4) is 0 Å². The van der Waals surface area contributed by atoms with Crippen molar-refractivity contribution in [3.8, 4) is 0 Å². The highest BCUT2D eigenvalue weighted by Gasteiger charge is 2.27. The molecule has 0 aliphatic rings. The van der Waals surface area contributed by atoms with Crippen LogP contribution in [0.1, 0.15) is 46.4 Å². The number of aliphatic hydroxyl groups excluding tert-OH is 1. The van der Waals surface area contributed by atoms with E-state index in [2.05, 4.69) is 0 Å². The van der Waals surface area contributed by atoms with Crippen LogP contribution in [0.15, 0.2) is 17.2 Å². The average molecular weight is 288 g/mol. The summed E-state index contributed by atoms with van der Waals surface area (Å²) in [5.41, 5.74) is 0.619. The maximum absolute atomic E-state index is 12.5. The lowest BCUT2D eigenvalue weighted by Crippen LogP contribution is -2.36. The van der Waals surface area contributed by atoms with E-state index in [1.807, 2.05) is 34.6 Å². The van der Waals surface area contributed by atoms with E-state index >= 15 is 0 Å². The van der Waals surface area contributed by atoms with Crippen molar-refractivity contribution in [2.75, 3.05) is 6.54 Å². The van der Waals surface area contributed by atoms with Crippen molar-refractivity contribution in [2.45, 2.75) is 58.2 Å². The Morgan fingerprint density at radius 3 is 2.21 bits per heavy atom. The monoisotopic (exact) mass is 288 g/mol. The Balaban J connectivity index is 3.29. The molecule has 1 aromatic heterocycles. The van der Waals surface area contributed by atoms with Crippen molar-refractivity contribution in [3.05, 3.63) is 18.0 Å². The molecule has 1 N–H and O–H groups in total. The molecule has 0 spiro atoms. The van der Waals surface area contributed by atoms with Gasteiger partial charge in [-0.2, -0.15) is 4.31 Å². The van der Waals surface area contributed by atoms with Gasteiger partial charge >= 0.3 is 0 Å². The van der Waals surface area contributed by atoms with E-state index in [0.717, 1.165) is 0 Å². The summed E-state index contributed by atoms with van der Waals surface area (Å²) in [6.07, 6.45) is 1.61. The van der Waals surface area contributed by atoms with E-state index in [1.165, 1.54) is 4.31 Å². The third kappa shape index (κ3) is 3.19. The van der Waals surface area contributed by atoms with Crippen molar-refractivity contribution in [1.82, 2.24) is 8.87 Å². The predicted molar refractivity (Wildman–Crippen MR) is 75.4 cm³/mol. The van der Waals surface area contributed by atoms with Gasteiger partial charge in [-0.1, -0.05) is 6.92 Å². The Kier molecular flexibility index (Phi) is 5.18. The number of aliphatic hydroxyl groups is 1. The minimum atomic E-state index is -3.49. The fourth-order valence-electron chi connectivity index (χ4n) is 2.19. The summed E-state index contributed by atoms with van der Waals surface area (Å²) in [7, 11) is -3.49. The summed E-state index contributed by atoms with van der Waals surface area (Å²) in [5.74, 6) is 0. The lowest BCUT2D eigenvalue weighted by molar-refractivity contribution is 0.268. The molecule has 1 rings (SSSR count). The third-order valence-electron chi connectivity index (χ3n) is 3.12. The highest BCUT2D eigenvalue weighted by Crippen LogP contribution is 2.23. The summed E-state index contributed by atoms with van der Waals surface area (Å²) in [6.45, 7) is 9.71. The van der Waals surface area contributed by atoms with Gasteiger partial charge in [-0.15, -0.1) is 0 Å². The van der Waals surface area contributed by atoms with Gasteiger partial charge in [0.15, 0.2) is 0 Å². The van der Waals surface area contributed by atoms with Crippen molar-refractivity contribution in [1.29, 1.82) is 0 Å². The first-order valence-electron chi connectivity index (χ1n) is 6.59. The average Bonchev–Trinajstić information content (AvgIpc) is 2.73. The molecule has 5 nitrogen and oxygen atoms in total. The van der Waals surface area contributed by atoms with E-state index in [-0.39, 0.29) is 23.6 Å². The lowest BCUT2D eigenvalue weighted by atomic mass is 10.3. The fourth-order valence-corrected chi connectivity index (χ4v) is 3.89. The SMILES string of the molecule is CCN(C(C)C)S(=O)(=O)c1cc(CO)n(C(C)C)c1. The number of nitrogens with zero attached hydrogens (tertiary/aromatic N) is 2. The molecule has 0 aliphatic heterocycles. The van der Waals surface area contributed by atoms with E-state index in [0.29, 0.717) is 12.2 Å². The van der Waals surface area contributed by atoms with E-state index < -0.39 is 10.0 Å². The Morgan fingerprint density at radius 2 is 1.89 bits per heavy atom. The van der Waals surface area contributed by atoms with Crippen LogP contribution in [0.5, 0.6) is 0 Å². The van der Waals surface area contributed by atoms with Crippen molar-refractivity contribution in [3.63, 3.8) is 0 Å². The van der Waals surface area contributed by atoms with Gasteiger partial charge in [0.2, 0.25) is 10.0 Å². The summed E-state index contributed by atoms with van der Waals surface area (Å²) >= 11 is 0. The first kappa shape index (κ1) is 16.2. The Labute approximate surface area is 115 Å². The van der Waals surface area contributed by atoms with E-state index in [9.17, 15) is 13.5 Å². The van der Waals surface area contributed by atoms with E-state index in [4.69, 9.17) is 0 Å². The summed E-state index contributed by atoms with van der Waals surface area (Å²) < 4.78 is 28.3. The smallest absolute Gasteiger partial charge is 0.244 e. The van der Waals surface area contributed by atoms with Gasteiger partial charge in [-0.3, -0.25) is 0 Å².